The van der Waals surface area contributed by atoms with Crippen LogP contribution in [-0.2, 0) is 6.54 Å². The Morgan fingerprint density at radius 3 is 2.41 bits per heavy atom. The van der Waals surface area contributed by atoms with Gasteiger partial charge in [-0.25, -0.2) is 0 Å². The molecular weight excluding hydrogens is 356 g/mol. The highest BCUT2D eigenvalue weighted by molar-refractivity contribution is 7.99. The van der Waals surface area contributed by atoms with E-state index in [1.807, 2.05) is 30.6 Å². The zero-order valence-corrected chi connectivity index (χ0v) is 17.3. The molecule has 27 heavy (non-hydrogen) atoms. The van der Waals surface area contributed by atoms with E-state index >= 15 is 0 Å². The minimum absolute atomic E-state index is 0.432. The average Bonchev–Trinajstić information content (AvgIpc) is 2.98. The molecule has 5 heteroatoms. The van der Waals surface area contributed by atoms with E-state index in [9.17, 15) is 0 Å². The van der Waals surface area contributed by atoms with Gasteiger partial charge in [0.15, 0.2) is 0 Å². The van der Waals surface area contributed by atoms with E-state index in [2.05, 4.69) is 48.5 Å². The lowest BCUT2D eigenvalue weighted by atomic mass is 10.1. The van der Waals surface area contributed by atoms with Crippen molar-refractivity contribution in [3.63, 3.8) is 0 Å². The molecule has 2 aromatic heterocycles. The fraction of sp³-hybridized carbons (Fsp3) is 0.318. The second kappa shape index (κ2) is 8.53. The zero-order chi connectivity index (χ0) is 19.4. The first-order valence-corrected chi connectivity index (χ1v) is 9.84. The molecule has 3 aromatic rings. The molecule has 0 unspecified atom stereocenters. The van der Waals surface area contributed by atoms with Crippen LogP contribution in [0.15, 0.2) is 58.7 Å². The molecule has 0 saturated heterocycles. The summed E-state index contributed by atoms with van der Waals surface area (Å²) in [6.07, 6.45) is 3.69. The first-order valence-electron chi connectivity index (χ1n) is 9.02. The summed E-state index contributed by atoms with van der Waals surface area (Å²) >= 11 is 1.73. The van der Waals surface area contributed by atoms with Gasteiger partial charge in [-0.05, 0) is 60.4 Å². The monoisotopic (exact) mass is 382 g/mol. The molecule has 4 nitrogen and oxygen atoms in total. The van der Waals surface area contributed by atoms with E-state index in [4.69, 9.17) is 9.47 Å². The van der Waals surface area contributed by atoms with Crippen molar-refractivity contribution in [2.24, 2.45) is 0 Å². The summed E-state index contributed by atoms with van der Waals surface area (Å²) in [5, 5.41) is 1.24. The van der Waals surface area contributed by atoms with Crippen molar-refractivity contribution in [2.45, 2.75) is 43.2 Å². The normalized spacial score (nSPS) is 11.0. The molecule has 0 atom stereocenters. The van der Waals surface area contributed by atoms with Gasteiger partial charge in [0.05, 0.1) is 24.1 Å². The Morgan fingerprint density at radius 2 is 1.78 bits per heavy atom. The molecule has 0 aliphatic rings. The van der Waals surface area contributed by atoms with Gasteiger partial charge in [-0.1, -0.05) is 25.6 Å². The summed E-state index contributed by atoms with van der Waals surface area (Å²) in [6.45, 7) is 7.45. The third kappa shape index (κ3) is 4.30. The number of hydrogen-bond donors (Lipinski definition) is 0. The third-order valence-electron chi connectivity index (χ3n) is 4.57. The quantitative estimate of drug-likeness (QED) is 0.538. The van der Waals surface area contributed by atoms with Crippen LogP contribution in [0.1, 0.15) is 36.6 Å². The maximum Gasteiger partial charge on any atom is 0.133 e. The fourth-order valence-electron chi connectivity index (χ4n) is 3.04. The van der Waals surface area contributed by atoms with E-state index in [0.717, 1.165) is 22.9 Å². The van der Waals surface area contributed by atoms with E-state index < -0.39 is 0 Å². The molecule has 0 N–H and O–H groups in total. The predicted molar refractivity (Wildman–Crippen MR) is 110 cm³/mol. The Labute approximate surface area is 165 Å². The van der Waals surface area contributed by atoms with Crippen LogP contribution < -0.4 is 9.47 Å². The zero-order valence-electron chi connectivity index (χ0n) is 16.5. The molecule has 2 heterocycles. The van der Waals surface area contributed by atoms with Gasteiger partial charge in [0.1, 0.15) is 11.5 Å². The summed E-state index contributed by atoms with van der Waals surface area (Å²) in [7, 11) is 3.39. The van der Waals surface area contributed by atoms with Gasteiger partial charge in [0, 0.05) is 24.6 Å². The topological polar surface area (TPSA) is 36.3 Å². The minimum atomic E-state index is 0.432. The minimum Gasteiger partial charge on any atom is -0.497 e. The molecule has 0 aliphatic carbocycles. The second-order valence-electron chi connectivity index (χ2n) is 6.76. The Bertz CT molecular complexity index is 904. The number of aromatic nitrogens is 2. The SMILES string of the molecule is COc1ccc(OC)c(Sc2c(C(C)C)cc(C)n2Cc2ccncc2)c1. The smallest absolute Gasteiger partial charge is 0.133 e. The van der Waals surface area contributed by atoms with Gasteiger partial charge in [-0.3, -0.25) is 4.98 Å². The lowest BCUT2D eigenvalue weighted by molar-refractivity contribution is 0.394. The molecule has 0 spiro atoms. The van der Waals surface area contributed by atoms with Crippen molar-refractivity contribution < 1.29 is 9.47 Å². The number of rotatable bonds is 7. The fourth-order valence-corrected chi connectivity index (χ4v) is 4.41. The Morgan fingerprint density at radius 1 is 1.04 bits per heavy atom. The summed E-state index contributed by atoms with van der Waals surface area (Å²) in [6, 6.07) is 12.3. The number of methoxy groups -OCH3 is 2. The van der Waals surface area contributed by atoms with Crippen LogP contribution in [0.4, 0.5) is 0 Å². The van der Waals surface area contributed by atoms with Crippen molar-refractivity contribution >= 4 is 11.8 Å². The highest BCUT2D eigenvalue weighted by atomic mass is 32.2. The number of ether oxygens (including phenoxy) is 2. The standard InChI is InChI=1S/C22H26N2O2S/c1-15(2)19-12-16(3)24(14-17-8-10-23-11-9-17)22(19)27-21-13-18(25-4)6-7-20(21)26-5/h6-13,15H,14H2,1-5H3. The molecule has 1 aromatic carbocycles. The Balaban J connectivity index is 2.06. The Hall–Kier alpha value is -2.40. The summed E-state index contributed by atoms with van der Waals surface area (Å²) in [4.78, 5) is 5.18. The molecule has 0 aliphatic heterocycles. The van der Waals surface area contributed by atoms with E-state index in [-0.39, 0.29) is 0 Å². The largest absolute Gasteiger partial charge is 0.497 e. The molecule has 3 rings (SSSR count). The van der Waals surface area contributed by atoms with Crippen molar-refractivity contribution in [3.8, 4) is 11.5 Å². The summed E-state index contributed by atoms with van der Waals surface area (Å²) in [5.74, 6) is 2.11. The van der Waals surface area contributed by atoms with Gasteiger partial charge >= 0.3 is 0 Å². The second-order valence-corrected chi connectivity index (χ2v) is 7.79. The van der Waals surface area contributed by atoms with Crippen molar-refractivity contribution in [1.82, 2.24) is 9.55 Å². The number of benzene rings is 1. The summed E-state index contributed by atoms with van der Waals surface area (Å²) < 4.78 is 13.4. The van der Waals surface area contributed by atoms with Crippen LogP contribution in [0.2, 0.25) is 0 Å². The van der Waals surface area contributed by atoms with E-state index in [1.54, 1.807) is 26.0 Å². The van der Waals surface area contributed by atoms with E-state index in [0.29, 0.717) is 5.92 Å². The van der Waals surface area contributed by atoms with Gasteiger partial charge in [0.25, 0.3) is 0 Å². The first kappa shape index (κ1) is 19.4. The van der Waals surface area contributed by atoms with Crippen LogP contribution >= 0.6 is 11.8 Å². The number of nitrogens with zero attached hydrogens (tertiary/aromatic N) is 2. The maximum absolute atomic E-state index is 5.59. The molecule has 0 fully saturated rings. The molecular formula is C22H26N2O2S. The number of hydrogen-bond acceptors (Lipinski definition) is 4. The molecule has 0 saturated carbocycles. The molecule has 0 radical (unpaired) electrons. The van der Waals surface area contributed by atoms with Crippen molar-refractivity contribution in [1.29, 1.82) is 0 Å². The third-order valence-corrected chi connectivity index (χ3v) is 5.76. The Kier molecular flexibility index (Phi) is 6.11. The van der Waals surface area contributed by atoms with Crippen LogP contribution in [0.3, 0.4) is 0 Å². The lowest BCUT2D eigenvalue weighted by Gasteiger charge is -2.16. The van der Waals surface area contributed by atoms with Crippen LogP contribution in [-0.4, -0.2) is 23.8 Å². The van der Waals surface area contributed by atoms with Crippen molar-refractivity contribution in [3.05, 3.63) is 65.6 Å². The van der Waals surface area contributed by atoms with Gasteiger partial charge in [-0.2, -0.15) is 0 Å². The molecule has 0 bridgehead atoms. The van der Waals surface area contributed by atoms with Crippen LogP contribution in [0.5, 0.6) is 11.5 Å². The average molecular weight is 383 g/mol. The van der Waals surface area contributed by atoms with Gasteiger partial charge in [0.2, 0.25) is 0 Å². The summed E-state index contributed by atoms with van der Waals surface area (Å²) in [5.41, 5.74) is 3.83. The lowest BCUT2D eigenvalue weighted by Crippen LogP contribution is -2.04. The van der Waals surface area contributed by atoms with Crippen LogP contribution in [0, 0.1) is 6.92 Å². The predicted octanol–water partition coefficient (Wildman–Crippen LogP) is 5.53. The highest BCUT2D eigenvalue weighted by Crippen LogP contribution is 2.42. The highest BCUT2D eigenvalue weighted by Gasteiger charge is 2.19. The van der Waals surface area contributed by atoms with Crippen LogP contribution in [0.25, 0.3) is 0 Å². The van der Waals surface area contributed by atoms with Crippen molar-refractivity contribution in [2.75, 3.05) is 14.2 Å². The number of pyridine rings is 1. The first-order chi connectivity index (χ1) is 13.0. The van der Waals surface area contributed by atoms with Gasteiger partial charge < -0.3 is 14.0 Å². The molecule has 142 valence electrons. The maximum atomic E-state index is 5.59. The van der Waals surface area contributed by atoms with E-state index in [1.165, 1.54) is 21.8 Å². The number of aryl methyl sites for hydroxylation is 1. The van der Waals surface area contributed by atoms with Gasteiger partial charge in [-0.15, -0.1) is 0 Å². The molecule has 0 amide bonds.